The Labute approximate surface area is 134 Å². The van der Waals surface area contributed by atoms with Gasteiger partial charge in [-0.2, -0.15) is 0 Å². The van der Waals surface area contributed by atoms with Crippen molar-refractivity contribution in [3.8, 4) is 11.3 Å². The number of nitrogens with zero attached hydrogens (tertiary/aromatic N) is 2. The predicted molar refractivity (Wildman–Crippen MR) is 89.8 cm³/mol. The Morgan fingerprint density at radius 1 is 1.27 bits per heavy atom. The number of ether oxygens (including phenoxy) is 1. The van der Waals surface area contributed by atoms with Gasteiger partial charge in [-0.05, 0) is 19.1 Å². The minimum absolute atomic E-state index is 0.0360. The third-order valence-electron chi connectivity index (χ3n) is 4.10. The van der Waals surface area contributed by atoms with E-state index in [1.54, 1.807) is 17.7 Å². The van der Waals surface area contributed by atoms with Gasteiger partial charge >= 0.3 is 0 Å². The fourth-order valence-electron chi connectivity index (χ4n) is 2.82. The van der Waals surface area contributed by atoms with Crippen LogP contribution in [0.2, 0.25) is 5.02 Å². The van der Waals surface area contributed by atoms with Gasteiger partial charge in [-0.1, -0.05) is 29.8 Å². The van der Waals surface area contributed by atoms with Crippen molar-refractivity contribution in [1.82, 2.24) is 4.57 Å². The summed E-state index contributed by atoms with van der Waals surface area (Å²) in [5.74, 6) is 0. The van der Waals surface area contributed by atoms with Crippen LogP contribution in [0.5, 0.6) is 0 Å². The number of aromatic nitrogens is 1. The molecule has 0 spiro atoms. The molecule has 1 aliphatic rings. The molecule has 2 aromatic rings. The van der Waals surface area contributed by atoms with Gasteiger partial charge in [-0.3, -0.25) is 4.79 Å². The zero-order valence-electron chi connectivity index (χ0n) is 12.8. The van der Waals surface area contributed by atoms with E-state index in [0.29, 0.717) is 18.2 Å². The maximum Gasteiger partial charge on any atom is 0.252 e. The Balaban J connectivity index is 2.12. The molecule has 0 N–H and O–H groups in total. The fourth-order valence-corrected chi connectivity index (χ4v) is 3.06. The zero-order valence-corrected chi connectivity index (χ0v) is 13.5. The van der Waals surface area contributed by atoms with Gasteiger partial charge in [-0.15, -0.1) is 0 Å². The highest BCUT2D eigenvalue weighted by Crippen LogP contribution is 2.29. The first-order valence-corrected chi connectivity index (χ1v) is 7.76. The van der Waals surface area contributed by atoms with Crippen molar-refractivity contribution in [2.45, 2.75) is 13.0 Å². The normalized spacial score (nSPS) is 18.5. The molecule has 5 heteroatoms. The van der Waals surface area contributed by atoms with Gasteiger partial charge in [0.05, 0.1) is 18.9 Å². The Bertz CT molecular complexity index is 742. The number of hydrogen-bond donors (Lipinski definition) is 0. The molecule has 0 amide bonds. The summed E-state index contributed by atoms with van der Waals surface area (Å²) >= 11 is 6.30. The lowest BCUT2D eigenvalue weighted by Crippen LogP contribution is -2.44. The lowest BCUT2D eigenvalue weighted by molar-refractivity contribution is 0.0989. The lowest BCUT2D eigenvalue weighted by atomic mass is 10.1. The second-order valence-corrected chi connectivity index (χ2v) is 6.00. The van der Waals surface area contributed by atoms with Crippen molar-refractivity contribution >= 4 is 17.3 Å². The molecule has 1 saturated heterocycles. The summed E-state index contributed by atoms with van der Waals surface area (Å²) in [6, 6.07) is 11.6. The molecule has 4 nitrogen and oxygen atoms in total. The molecule has 1 atom stereocenters. The summed E-state index contributed by atoms with van der Waals surface area (Å²) < 4.78 is 7.11. The van der Waals surface area contributed by atoms with Crippen LogP contribution >= 0.6 is 11.6 Å². The average Bonchev–Trinajstić information content (AvgIpc) is 2.51. The van der Waals surface area contributed by atoms with Gasteiger partial charge < -0.3 is 14.2 Å². The number of rotatable bonds is 2. The SMILES string of the molecule is CC1COCCN1c1cc(-c2ccccc2Cl)n(C)c(=O)c1. The van der Waals surface area contributed by atoms with Gasteiger partial charge in [0.15, 0.2) is 0 Å². The minimum Gasteiger partial charge on any atom is -0.377 e. The Hall–Kier alpha value is -1.78. The third kappa shape index (κ3) is 2.76. The van der Waals surface area contributed by atoms with Gasteiger partial charge in [0.1, 0.15) is 0 Å². The van der Waals surface area contributed by atoms with Gasteiger partial charge in [0, 0.05) is 42.0 Å². The molecule has 0 bridgehead atoms. The Kier molecular flexibility index (Phi) is 4.23. The lowest BCUT2D eigenvalue weighted by Gasteiger charge is -2.35. The van der Waals surface area contributed by atoms with Crippen LogP contribution in [0, 0.1) is 0 Å². The second-order valence-electron chi connectivity index (χ2n) is 5.59. The van der Waals surface area contributed by atoms with Crippen LogP contribution < -0.4 is 10.5 Å². The van der Waals surface area contributed by atoms with Crippen LogP contribution in [0.25, 0.3) is 11.3 Å². The largest absolute Gasteiger partial charge is 0.377 e. The van der Waals surface area contributed by atoms with E-state index in [2.05, 4.69) is 11.8 Å². The number of benzene rings is 1. The molecular formula is C17H19ClN2O2. The first-order chi connectivity index (χ1) is 10.6. The standard InChI is InChI=1S/C17H19ClN2O2/c1-12-11-22-8-7-20(12)13-9-16(19(2)17(21)10-13)14-5-3-4-6-15(14)18/h3-6,9-10,12H,7-8,11H2,1-2H3. The van der Waals surface area contributed by atoms with Crippen molar-refractivity contribution in [2.24, 2.45) is 7.05 Å². The molecule has 1 fully saturated rings. The van der Waals surface area contributed by atoms with Crippen LogP contribution in [0.15, 0.2) is 41.2 Å². The zero-order chi connectivity index (χ0) is 15.7. The molecule has 0 saturated carbocycles. The molecule has 2 heterocycles. The van der Waals surface area contributed by atoms with Crippen LogP contribution in [-0.2, 0) is 11.8 Å². The molecule has 1 aromatic heterocycles. The summed E-state index contributed by atoms with van der Waals surface area (Å²) in [7, 11) is 1.77. The van der Waals surface area contributed by atoms with Gasteiger partial charge in [0.25, 0.3) is 5.56 Å². The first-order valence-electron chi connectivity index (χ1n) is 7.38. The number of halogens is 1. The molecule has 22 heavy (non-hydrogen) atoms. The van der Waals surface area contributed by atoms with Crippen LogP contribution in [0.3, 0.4) is 0 Å². The quantitative estimate of drug-likeness (QED) is 0.854. The maximum absolute atomic E-state index is 12.4. The smallest absolute Gasteiger partial charge is 0.252 e. The van der Waals surface area contributed by atoms with Crippen LogP contribution in [0.1, 0.15) is 6.92 Å². The summed E-state index contributed by atoms with van der Waals surface area (Å²) in [4.78, 5) is 14.6. The molecular weight excluding hydrogens is 300 g/mol. The third-order valence-corrected chi connectivity index (χ3v) is 4.43. The molecule has 0 radical (unpaired) electrons. The molecule has 116 valence electrons. The Morgan fingerprint density at radius 2 is 2.05 bits per heavy atom. The van der Waals surface area contributed by atoms with E-state index in [1.165, 1.54) is 0 Å². The predicted octanol–water partition coefficient (Wildman–Crippen LogP) is 2.93. The van der Waals surface area contributed by atoms with Crippen molar-refractivity contribution in [2.75, 3.05) is 24.7 Å². The van der Waals surface area contributed by atoms with E-state index in [0.717, 1.165) is 23.5 Å². The van der Waals surface area contributed by atoms with Crippen molar-refractivity contribution in [3.05, 3.63) is 51.8 Å². The van der Waals surface area contributed by atoms with Crippen molar-refractivity contribution < 1.29 is 4.74 Å². The minimum atomic E-state index is -0.0360. The van der Waals surface area contributed by atoms with E-state index < -0.39 is 0 Å². The first kappa shape index (κ1) is 15.1. The van der Waals surface area contributed by atoms with E-state index in [9.17, 15) is 4.79 Å². The number of morpholine rings is 1. The number of hydrogen-bond acceptors (Lipinski definition) is 3. The van der Waals surface area contributed by atoms with Crippen molar-refractivity contribution in [1.29, 1.82) is 0 Å². The molecule has 1 unspecified atom stereocenters. The van der Waals surface area contributed by atoms with Gasteiger partial charge in [0.2, 0.25) is 0 Å². The topological polar surface area (TPSA) is 34.5 Å². The highest BCUT2D eigenvalue weighted by Gasteiger charge is 2.21. The second kappa shape index (κ2) is 6.15. The maximum atomic E-state index is 12.4. The molecule has 0 aliphatic carbocycles. The van der Waals surface area contributed by atoms with Crippen LogP contribution in [0.4, 0.5) is 5.69 Å². The summed E-state index contributed by atoms with van der Waals surface area (Å²) in [5, 5.41) is 0.643. The fraction of sp³-hybridized carbons (Fsp3) is 0.353. The summed E-state index contributed by atoms with van der Waals surface area (Å²) in [5.41, 5.74) is 2.58. The molecule has 3 rings (SSSR count). The van der Waals surface area contributed by atoms with Gasteiger partial charge in [-0.25, -0.2) is 0 Å². The van der Waals surface area contributed by atoms with E-state index >= 15 is 0 Å². The number of pyridine rings is 1. The van der Waals surface area contributed by atoms with Crippen molar-refractivity contribution in [3.63, 3.8) is 0 Å². The van der Waals surface area contributed by atoms with Crippen LogP contribution in [-0.4, -0.2) is 30.4 Å². The highest BCUT2D eigenvalue weighted by molar-refractivity contribution is 6.33. The summed E-state index contributed by atoms with van der Waals surface area (Å²) in [6.45, 7) is 4.25. The highest BCUT2D eigenvalue weighted by atomic mass is 35.5. The summed E-state index contributed by atoms with van der Waals surface area (Å²) in [6.07, 6.45) is 0. The average molecular weight is 319 g/mol. The monoisotopic (exact) mass is 318 g/mol. The number of anilines is 1. The Morgan fingerprint density at radius 3 is 2.77 bits per heavy atom. The molecule has 1 aromatic carbocycles. The molecule has 1 aliphatic heterocycles. The van der Waals surface area contributed by atoms with E-state index in [4.69, 9.17) is 16.3 Å². The van der Waals surface area contributed by atoms with E-state index in [-0.39, 0.29) is 11.6 Å². The van der Waals surface area contributed by atoms with E-state index in [1.807, 2.05) is 30.3 Å².